The highest BCUT2D eigenvalue weighted by molar-refractivity contribution is 5.96. The maximum absolute atomic E-state index is 12.7. The van der Waals surface area contributed by atoms with Crippen LogP contribution in [0.1, 0.15) is 74.6 Å². The van der Waals surface area contributed by atoms with E-state index in [0.29, 0.717) is 0 Å². The fourth-order valence-electron chi connectivity index (χ4n) is 4.69. The minimum absolute atomic E-state index is 0.190. The summed E-state index contributed by atoms with van der Waals surface area (Å²) in [5, 5.41) is 7.47. The number of benzene rings is 1. The summed E-state index contributed by atoms with van der Waals surface area (Å²) in [6.07, 6.45) is 12.8. The SMILES string of the molecule is O=C(c1ccc2c(c1)NCC1(CCCCCCC1)N2)N1CCCCC1. The summed E-state index contributed by atoms with van der Waals surface area (Å²) in [4.78, 5) is 14.8. The number of hydrogen-bond donors (Lipinski definition) is 2. The van der Waals surface area contributed by atoms with E-state index in [9.17, 15) is 4.79 Å². The molecule has 0 aromatic heterocycles. The zero-order valence-electron chi connectivity index (χ0n) is 15.3. The molecule has 2 aliphatic heterocycles. The van der Waals surface area contributed by atoms with Gasteiger partial charge in [-0.15, -0.1) is 0 Å². The number of piperidine rings is 1. The van der Waals surface area contributed by atoms with Crippen molar-refractivity contribution in [2.75, 3.05) is 30.3 Å². The molecule has 1 saturated carbocycles. The van der Waals surface area contributed by atoms with E-state index in [4.69, 9.17) is 0 Å². The van der Waals surface area contributed by atoms with Crippen LogP contribution in [-0.2, 0) is 0 Å². The summed E-state index contributed by atoms with van der Waals surface area (Å²) in [5.74, 6) is 0.190. The largest absolute Gasteiger partial charge is 0.381 e. The standard InChI is InChI=1S/C21H31N3O/c25-20(24-13-7-4-8-14-24)17-9-10-18-19(15-17)22-16-21(23-18)11-5-2-1-3-6-12-21/h9-10,15,22-23H,1-8,11-14,16H2. The van der Waals surface area contributed by atoms with Crippen molar-refractivity contribution >= 4 is 17.3 Å². The van der Waals surface area contributed by atoms with Crippen LogP contribution in [0.3, 0.4) is 0 Å². The zero-order chi connectivity index (χ0) is 17.1. The van der Waals surface area contributed by atoms with E-state index in [1.165, 1.54) is 57.1 Å². The van der Waals surface area contributed by atoms with Crippen LogP contribution in [0.25, 0.3) is 0 Å². The third-order valence-corrected chi connectivity index (χ3v) is 6.24. The predicted octanol–water partition coefficient (Wildman–Crippen LogP) is 4.63. The molecule has 25 heavy (non-hydrogen) atoms. The molecule has 2 N–H and O–H groups in total. The summed E-state index contributed by atoms with van der Waals surface area (Å²) in [6.45, 7) is 2.79. The number of rotatable bonds is 1. The molecule has 0 atom stereocenters. The third kappa shape index (κ3) is 3.63. The first-order valence-corrected chi connectivity index (χ1v) is 10.2. The van der Waals surface area contributed by atoms with Crippen LogP contribution in [-0.4, -0.2) is 36.0 Å². The average molecular weight is 341 g/mol. The van der Waals surface area contributed by atoms with Gasteiger partial charge in [-0.25, -0.2) is 0 Å². The number of nitrogens with zero attached hydrogens (tertiary/aromatic N) is 1. The number of carbonyl (C=O) groups is 1. The van der Waals surface area contributed by atoms with Gasteiger partial charge in [-0.3, -0.25) is 4.79 Å². The highest BCUT2D eigenvalue weighted by Crippen LogP contribution is 2.37. The number of likely N-dealkylation sites (tertiary alicyclic amines) is 1. The van der Waals surface area contributed by atoms with E-state index in [1.807, 2.05) is 11.0 Å². The lowest BCUT2D eigenvalue weighted by Crippen LogP contribution is -2.48. The van der Waals surface area contributed by atoms with Crippen molar-refractivity contribution in [1.29, 1.82) is 0 Å². The zero-order valence-corrected chi connectivity index (χ0v) is 15.3. The molecular weight excluding hydrogens is 310 g/mol. The van der Waals surface area contributed by atoms with Gasteiger partial charge in [-0.1, -0.05) is 32.1 Å². The van der Waals surface area contributed by atoms with Crippen LogP contribution in [0, 0.1) is 0 Å². The molecule has 4 heteroatoms. The van der Waals surface area contributed by atoms with Crippen molar-refractivity contribution in [1.82, 2.24) is 4.90 Å². The maximum atomic E-state index is 12.7. The first kappa shape index (κ1) is 16.7. The van der Waals surface area contributed by atoms with Gasteiger partial charge >= 0.3 is 0 Å². The molecule has 1 amide bonds. The number of fused-ring (bicyclic) bond motifs is 1. The number of carbonyl (C=O) groups excluding carboxylic acids is 1. The fraction of sp³-hybridized carbons (Fsp3) is 0.667. The Balaban J connectivity index is 1.49. The maximum Gasteiger partial charge on any atom is 0.253 e. The normalized spacial score (nSPS) is 23.0. The molecule has 0 unspecified atom stereocenters. The van der Waals surface area contributed by atoms with E-state index in [0.717, 1.165) is 43.7 Å². The number of amides is 1. The molecule has 1 aliphatic carbocycles. The van der Waals surface area contributed by atoms with Gasteiger partial charge in [-0.05, 0) is 50.3 Å². The molecule has 4 rings (SSSR count). The van der Waals surface area contributed by atoms with Crippen molar-refractivity contribution in [3.05, 3.63) is 23.8 Å². The van der Waals surface area contributed by atoms with E-state index in [-0.39, 0.29) is 11.4 Å². The lowest BCUT2D eigenvalue weighted by atomic mass is 9.82. The highest BCUT2D eigenvalue weighted by atomic mass is 16.2. The minimum Gasteiger partial charge on any atom is -0.381 e. The van der Waals surface area contributed by atoms with Gasteiger partial charge in [0.05, 0.1) is 16.9 Å². The van der Waals surface area contributed by atoms with Gasteiger partial charge in [0.25, 0.3) is 5.91 Å². The van der Waals surface area contributed by atoms with Crippen molar-refractivity contribution in [2.45, 2.75) is 69.7 Å². The Kier molecular flexibility index (Phi) is 4.87. The Labute approximate surface area is 151 Å². The van der Waals surface area contributed by atoms with Gasteiger partial charge in [0.2, 0.25) is 0 Å². The van der Waals surface area contributed by atoms with Crippen molar-refractivity contribution in [2.24, 2.45) is 0 Å². The van der Waals surface area contributed by atoms with Crippen LogP contribution in [0.5, 0.6) is 0 Å². The first-order valence-electron chi connectivity index (χ1n) is 10.2. The lowest BCUT2D eigenvalue weighted by molar-refractivity contribution is 0.0724. The molecule has 4 nitrogen and oxygen atoms in total. The second-order valence-corrected chi connectivity index (χ2v) is 8.14. The number of anilines is 2. The number of hydrogen-bond acceptors (Lipinski definition) is 3. The summed E-state index contributed by atoms with van der Waals surface area (Å²) in [7, 11) is 0. The smallest absolute Gasteiger partial charge is 0.253 e. The fourth-order valence-corrected chi connectivity index (χ4v) is 4.69. The van der Waals surface area contributed by atoms with E-state index >= 15 is 0 Å². The second kappa shape index (κ2) is 7.27. The van der Waals surface area contributed by atoms with E-state index in [2.05, 4.69) is 22.8 Å². The molecule has 1 aromatic carbocycles. The van der Waals surface area contributed by atoms with Crippen molar-refractivity contribution in [3.8, 4) is 0 Å². The van der Waals surface area contributed by atoms with Gasteiger partial charge in [0.15, 0.2) is 0 Å². The summed E-state index contributed by atoms with van der Waals surface area (Å²) < 4.78 is 0. The lowest BCUT2D eigenvalue weighted by Gasteiger charge is -2.42. The second-order valence-electron chi connectivity index (χ2n) is 8.14. The van der Waals surface area contributed by atoms with Crippen LogP contribution < -0.4 is 10.6 Å². The summed E-state index contributed by atoms with van der Waals surface area (Å²) >= 11 is 0. The molecule has 1 spiro atoms. The first-order chi connectivity index (χ1) is 12.3. The Morgan fingerprint density at radius 2 is 1.56 bits per heavy atom. The molecule has 0 bridgehead atoms. The van der Waals surface area contributed by atoms with Crippen LogP contribution in [0.2, 0.25) is 0 Å². The molecule has 1 saturated heterocycles. The van der Waals surface area contributed by atoms with Crippen LogP contribution >= 0.6 is 0 Å². The molecular formula is C21H31N3O. The average Bonchev–Trinajstić information content (AvgIpc) is 2.65. The van der Waals surface area contributed by atoms with Gasteiger partial charge in [-0.2, -0.15) is 0 Å². The van der Waals surface area contributed by atoms with Crippen LogP contribution in [0.15, 0.2) is 18.2 Å². The molecule has 3 aliphatic rings. The summed E-state index contributed by atoms with van der Waals surface area (Å²) in [5.41, 5.74) is 3.28. The Hall–Kier alpha value is -1.71. The molecule has 136 valence electrons. The number of nitrogens with one attached hydrogen (secondary N) is 2. The van der Waals surface area contributed by atoms with E-state index in [1.54, 1.807) is 0 Å². The Bertz CT molecular complexity index is 614. The molecule has 2 heterocycles. The topological polar surface area (TPSA) is 44.4 Å². The van der Waals surface area contributed by atoms with Crippen molar-refractivity contribution < 1.29 is 4.79 Å². The monoisotopic (exact) mass is 341 g/mol. The molecule has 1 aromatic rings. The third-order valence-electron chi connectivity index (χ3n) is 6.24. The van der Waals surface area contributed by atoms with E-state index < -0.39 is 0 Å². The van der Waals surface area contributed by atoms with Crippen molar-refractivity contribution in [3.63, 3.8) is 0 Å². The van der Waals surface area contributed by atoms with Gasteiger partial charge < -0.3 is 15.5 Å². The van der Waals surface area contributed by atoms with Crippen LogP contribution in [0.4, 0.5) is 11.4 Å². The van der Waals surface area contributed by atoms with Gasteiger partial charge in [0.1, 0.15) is 0 Å². The minimum atomic E-state index is 0.190. The quantitative estimate of drug-likeness (QED) is 0.782. The predicted molar refractivity (Wildman–Crippen MR) is 103 cm³/mol. The molecule has 2 fully saturated rings. The van der Waals surface area contributed by atoms with Gasteiger partial charge in [0, 0.05) is 25.2 Å². The highest BCUT2D eigenvalue weighted by Gasteiger charge is 2.34. The Morgan fingerprint density at radius 1 is 0.880 bits per heavy atom. The molecule has 0 radical (unpaired) electrons. The Morgan fingerprint density at radius 3 is 2.32 bits per heavy atom. The summed E-state index contributed by atoms with van der Waals surface area (Å²) in [6, 6.07) is 6.17.